The Bertz CT molecular complexity index is 829. The molecule has 0 bridgehead atoms. The Balaban J connectivity index is 0.000000254. The van der Waals surface area contributed by atoms with Gasteiger partial charge in [-0.2, -0.15) is 0 Å². The number of carbonyl (C=O) groups excluding carboxylic acids is 1. The number of anilines is 3. The molecule has 3 aromatic carbocycles. The molecular formula is C20H18F2N2O2. The number of halogens is 2. The molecule has 0 aliphatic carbocycles. The van der Waals surface area contributed by atoms with E-state index in [1.807, 2.05) is 6.07 Å². The van der Waals surface area contributed by atoms with E-state index in [0.29, 0.717) is 11.3 Å². The zero-order chi connectivity index (χ0) is 18.9. The summed E-state index contributed by atoms with van der Waals surface area (Å²) in [4.78, 5) is 11.4. The van der Waals surface area contributed by atoms with Crippen LogP contribution in [0.5, 0.6) is 0 Å². The first-order chi connectivity index (χ1) is 12.5. The maximum Gasteiger partial charge on any atom is 0.337 e. The van der Waals surface area contributed by atoms with Crippen LogP contribution in [0.3, 0.4) is 0 Å². The molecular weight excluding hydrogens is 338 g/mol. The van der Waals surface area contributed by atoms with Crippen molar-refractivity contribution in [3.63, 3.8) is 0 Å². The fourth-order valence-corrected chi connectivity index (χ4v) is 2.00. The SMILES string of the molecule is COC(=O)c1cccc(Nc2ccc(F)cc2)c1.Nc1ccc(F)cc1. The molecule has 0 fully saturated rings. The topological polar surface area (TPSA) is 64.3 Å². The molecule has 0 amide bonds. The maximum atomic E-state index is 12.8. The molecule has 0 saturated carbocycles. The van der Waals surface area contributed by atoms with Gasteiger partial charge in [0.2, 0.25) is 0 Å². The van der Waals surface area contributed by atoms with Crippen LogP contribution in [0.15, 0.2) is 72.8 Å². The molecule has 3 rings (SSSR count). The molecule has 3 aromatic rings. The molecule has 3 N–H and O–H groups in total. The highest BCUT2D eigenvalue weighted by atomic mass is 19.1. The monoisotopic (exact) mass is 356 g/mol. The van der Waals surface area contributed by atoms with E-state index in [4.69, 9.17) is 5.73 Å². The molecule has 0 saturated heterocycles. The summed E-state index contributed by atoms with van der Waals surface area (Å²) >= 11 is 0. The highest BCUT2D eigenvalue weighted by molar-refractivity contribution is 5.90. The van der Waals surface area contributed by atoms with Crippen molar-refractivity contribution in [2.75, 3.05) is 18.2 Å². The first-order valence-electron chi connectivity index (χ1n) is 7.70. The minimum atomic E-state index is -0.391. The maximum absolute atomic E-state index is 12.8. The average Bonchev–Trinajstić information content (AvgIpc) is 2.66. The summed E-state index contributed by atoms with van der Waals surface area (Å²) in [5.74, 6) is -0.930. The van der Waals surface area contributed by atoms with E-state index in [2.05, 4.69) is 10.1 Å². The Morgan fingerprint density at radius 2 is 1.46 bits per heavy atom. The number of esters is 1. The Hall–Kier alpha value is -3.41. The van der Waals surface area contributed by atoms with Gasteiger partial charge in [0.15, 0.2) is 0 Å². The Kier molecular flexibility index (Phi) is 6.68. The van der Waals surface area contributed by atoms with Crippen LogP contribution < -0.4 is 11.1 Å². The molecule has 0 aliphatic heterocycles. The number of hydrogen-bond donors (Lipinski definition) is 2. The van der Waals surface area contributed by atoms with Crippen molar-refractivity contribution in [3.8, 4) is 0 Å². The van der Waals surface area contributed by atoms with Gasteiger partial charge in [-0.1, -0.05) is 6.07 Å². The number of nitrogen functional groups attached to an aromatic ring is 1. The Morgan fingerprint density at radius 3 is 2.00 bits per heavy atom. The first-order valence-corrected chi connectivity index (χ1v) is 7.70. The van der Waals surface area contributed by atoms with E-state index in [1.54, 1.807) is 30.3 Å². The molecule has 0 unspecified atom stereocenters. The second kappa shape index (κ2) is 9.17. The number of rotatable bonds is 3. The lowest BCUT2D eigenvalue weighted by atomic mass is 10.2. The predicted octanol–water partition coefficient (Wildman–Crippen LogP) is 4.76. The quantitative estimate of drug-likeness (QED) is 0.524. The highest BCUT2D eigenvalue weighted by Gasteiger charge is 2.05. The molecule has 0 atom stereocenters. The lowest BCUT2D eigenvalue weighted by Crippen LogP contribution is -2.01. The van der Waals surface area contributed by atoms with Crippen molar-refractivity contribution in [3.05, 3.63) is 90.0 Å². The largest absolute Gasteiger partial charge is 0.465 e. The van der Waals surface area contributed by atoms with Crippen LogP contribution in [-0.4, -0.2) is 13.1 Å². The normalized spacial score (nSPS) is 9.65. The van der Waals surface area contributed by atoms with E-state index >= 15 is 0 Å². The summed E-state index contributed by atoms with van der Waals surface area (Å²) in [6.07, 6.45) is 0. The van der Waals surface area contributed by atoms with Gasteiger partial charge in [-0.15, -0.1) is 0 Å². The summed E-state index contributed by atoms with van der Waals surface area (Å²) in [6.45, 7) is 0. The molecule has 0 spiro atoms. The Morgan fingerprint density at radius 1 is 0.885 bits per heavy atom. The van der Waals surface area contributed by atoms with E-state index < -0.39 is 5.97 Å². The fourth-order valence-electron chi connectivity index (χ4n) is 2.00. The number of hydrogen-bond acceptors (Lipinski definition) is 4. The number of nitrogens with two attached hydrogens (primary N) is 1. The lowest BCUT2D eigenvalue weighted by molar-refractivity contribution is 0.0601. The summed E-state index contributed by atoms with van der Waals surface area (Å²) in [5, 5.41) is 3.08. The van der Waals surface area contributed by atoms with Crippen molar-refractivity contribution in [1.82, 2.24) is 0 Å². The molecule has 0 aromatic heterocycles. The van der Waals surface area contributed by atoms with Crippen LogP contribution >= 0.6 is 0 Å². The summed E-state index contributed by atoms with van der Waals surface area (Å²) in [7, 11) is 1.34. The van der Waals surface area contributed by atoms with E-state index in [1.165, 1.54) is 43.5 Å². The first kappa shape index (κ1) is 18.9. The van der Waals surface area contributed by atoms with Gasteiger partial charge in [-0.3, -0.25) is 0 Å². The van der Waals surface area contributed by atoms with Crippen molar-refractivity contribution in [1.29, 1.82) is 0 Å². The molecule has 0 radical (unpaired) electrons. The zero-order valence-corrected chi connectivity index (χ0v) is 14.1. The molecule has 0 aliphatic rings. The van der Waals surface area contributed by atoms with Crippen LogP contribution in [0.2, 0.25) is 0 Å². The number of ether oxygens (including phenoxy) is 1. The van der Waals surface area contributed by atoms with Gasteiger partial charge in [-0.05, 0) is 66.7 Å². The third kappa shape index (κ3) is 5.90. The third-order valence-electron chi connectivity index (χ3n) is 3.29. The second-order valence-electron chi connectivity index (χ2n) is 5.26. The number of nitrogens with one attached hydrogen (secondary N) is 1. The van der Waals surface area contributed by atoms with Crippen LogP contribution in [-0.2, 0) is 4.74 Å². The van der Waals surface area contributed by atoms with Gasteiger partial charge in [0.25, 0.3) is 0 Å². The molecule has 0 heterocycles. The van der Waals surface area contributed by atoms with E-state index in [9.17, 15) is 13.6 Å². The van der Waals surface area contributed by atoms with Crippen molar-refractivity contribution < 1.29 is 18.3 Å². The van der Waals surface area contributed by atoms with Gasteiger partial charge in [0, 0.05) is 17.1 Å². The average molecular weight is 356 g/mol. The Labute approximate surface area is 150 Å². The molecule has 26 heavy (non-hydrogen) atoms. The summed E-state index contributed by atoms with van der Waals surface area (Å²) in [5.41, 5.74) is 7.80. The van der Waals surface area contributed by atoms with Crippen molar-refractivity contribution in [2.45, 2.75) is 0 Å². The minimum Gasteiger partial charge on any atom is -0.465 e. The fraction of sp³-hybridized carbons (Fsp3) is 0.0500. The molecule has 6 heteroatoms. The predicted molar refractivity (Wildman–Crippen MR) is 98.3 cm³/mol. The third-order valence-corrected chi connectivity index (χ3v) is 3.29. The van der Waals surface area contributed by atoms with Gasteiger partial charge in [0.05, 0.1) is 12.7 Å². The van der Waals surface area contributed by atoms with Crippen LogP contribution in [0.25, 0.3) is 0 Å². The number of carbonyl (C=O) groups is 1. The van der Waals surface area contributed by atoms with Crippen LogP contribution in [0.1, 0.15) is 10.4 Å². The summed E-state index contributed by atoms with van der Waals surface area (Å²) in [6, 6.07) is 18.6. The van der Waals surface area contributed by atoms with Crippen molar-refractivity contribution in [2.24, 2.45) is 0 Å². The minimum absolute atomic E-state index is 0.251. The number of benzene rings is 3. The zero-order valence-electron chi connectivity index (χ0n) is 14.1. The molecule has 134 valence electrons. The highest BCUT2D eigenvalue weighted by Crippen LogP contribution is 2.18. The number of methoxy groups -OCH3 is 1. The van der Waals surface area contributed by atoms with Gasteiger partial charge in [-0.25, -0.2) is 13.6 Å². The lowest BCUT2D eigenvalue weighted by Gasteiger charge is -2.07. The van der Waals surface area contributed by atoms with Crippen LogP contribution in [0, 0.1) is 11.6 Å². The van der Waals surface area contributed by atoms with Crippen molar-refractivity contribution >= 4 is 23.0 Å². The van der Waals surface area contributed by atoms with Gasteiger partial charge < -0.3 is 15.8 Å². The molecule has 4 nitrogen and oxygen atoms in total. The van der Waals surface area contributed by atoms with Gasteiger partial charge in [0.1, 0.15) is 11.6 Å². The smallest absolute Gasteiger partial charge is 0.337 e. The van der Waals surface area contributed by atoms with E-state index in [-0.39, 0.29) is 11.6 Å². The standard InChI is InChI=1S/C14H12FNO2.C6H6FN/c1-18-14(17)10-3-2-4-13(9-10)16-12-7-5-11(15)6-8-12;7-5-1-3-6(8)4-2-5/h2-9,16H,1H3;1-4H,8H2. The second-order valence-corrected chi connectivity index (χ2v) is 5.26. The van der Waals surface area contributed by atoms with Crippen LogP contribution in [0.4, 0.5) is 25.8 Å². The summed E-state index contributed by atoms with van der Waals surface area (Å²) < 4.78 is 29.4. The van der Waals surface area contributed by atoms with Gasteiger partial charge >= 0.3 is 5.97 Å². The van der Waals surface area contributed by atoms with E-state index in [0.717, 1.165) is 11.4 Å².